The molecule has 3 unspecified atom stereocenters. The van der Waals surface area contributed by atoms with Crippen LogP contribution in [0.4, 0.5) is 4.79 Å². The second-order valence-corrected chi connectivity index (χ2v) is 7.58. The molecule has 1 aliphatic carbocycles. The summed E-state index contributed by atoms with van der Waals surface area (Å²) in [6.07, 6.45) is 7.29. The summed E-state index contributed by atoms with van der Waals surface area (Å²) in [5.74, 6) is 0.489. The highest BCUT2D eigenvalue weighted by molar-refractivity contribution is 5.67. The van der Waals surface area contributed by atoms with E-state index in [4.69, 9.17) is 9.47 Å². The molecule has 2 aliphatic rings. The van der Waals surface area contributed by atoms with Crippen LogP contribution in [0.15, 0.2) is 0 Å². The minimum absolute atomic E-state index is 0.309. The Morgan fingerprint density at radius 1 is 1.14 bits per heavy atom. The minimum atomic E-state index is -0.436. The Kier molecular flexibility index (Phi) is 6.50. The first-order chi connectivity index (χ1) is 10.4. The maximum atomic E-state index is 11.8. The molecule has 3 atom stereocenters. The molecular weight excluding hydrogens is 280 g/mol. The Morgan fingerprint density at radius 2 is 1.91 bits per heavy atom. The molecule has 1 saturated heterocycles. The third-order valence-electron chi connectivity index (χ3n) is 4.45. The summed E-state index contributed by atoms with van der Waals surface area (Å²) in [6.45, 7) is 8.20. The van der Waals surface area contributed by atoms with Crippen LogP contribution >= 0.6 is 0 Å². The van der Waals surface area contributed by atoms with Gasteiger partial charge in [0.05, 0.1) is 6.10 Å². The zero-order valence-electron chi connectivity index (χ0n) is 14.3. The maximum Gasteiger partial charge on any atom is 0.407 e. The molecule has 22 heavy (non-hydrogen) atoms. The summed E-state index contributed by atoms with van der Waals surface area (Å²) in [6, 6.07) is 0.480. The van der Waals surface area contributed by atoms with E-state index in [-0.39, 0.29) is 6.09 Å². The minimum Gasteiger partial charge on any atom is -0.444 e. The molecule has 1 saturated carbocycles. The zero-order chi connectivity index (χ0) is 16.0. The van der Waals surface area contributed by atoms with Gasteiger partial charge in [0.25, 0.3) is 0 Å². The lowest BCUT2D eigenvalue weighted by molar-refractivity contribution is 0.0507. The van der Waals surface area contributed by atoms with Gasteiger partial charge in [0, 0.05) is 25.7 Å². The van der Waals surface area contributed by atoms with Crippen LogP contribution in [0.2, 0.25) is 0 Å². The third-order valence-corrected chi connectivity index (χ3v) is 4.45. The van der Waals surface area contributed by atoms with Crippen molar-refractivity contribution in [3.8, 4) is 0 Å². The Bertz CT molecular complexity index is 348. The lowest BCUT2D eigenvalue weighted by atomic mass is 9.84. The fourth-order valence-corrected chi connectivity index (χ4v) is 3.34. The molecule has 128 valence electrons. The Morgan fingerprint density at radius 3 is 2.59 bits per heavy atom. The predicted molar refractivity (Wildman–Crippen MR) is 87.0 cm³/mol. The third kappa shape index (κ3) is 6.13. The van der Waals surface area contributed by atoms with E-state index in [1.807, 2.05) is 20.8 Å². The summed E-state index contributed by atoms with van der Waals surface area (Å²) in [5, 5.41) is 6.60. The number of amides is 1. The molecule has 0 radical (unpaired) electrons. The van der Waals surface area contributed by atoms with Crippen LogP contribution < -0.4 is 10.6 Å². The average Bonchev–Trinajstić information content (AvgIpc) is 2.95. The van der Waals surface area contributed by atoms with E-state index < -0.39 is 5.60 Å². The summed E-state index contributed by atoms with van der Waals surface area (Å²) < 4.78 is 11.0. The molecule has 2 N–H and O–H groups in total. The van der Waals surface area contributed by atoms with Crippen LogP contribution in [-0.2, 0) is 9.47 Å². The topological polar surface area (TPSA) is 59.6 Å². The van der Waals surface area contributed by atoms with E-state index in [9.17, 15) is 4.79 Å². The zero-order valence-corrected chi connectivity index (χ0v) is 14.3. The van der Waals surface area contributed by atoms with Crippen molar-refractivity contribution in [3.63, 3.8) is 0 Å². The fraction of sp³-hybridized carbons (Fsp3) is 0.941. The molecule has 5 nitrogen and oxygen atoms in total. The van der Waals surface area contributed by atoms with Crippen molar-refractivity contribution in [2.45, 2.75) is 77.0 Å². The van der Waals surface area contributed by atoms with Gasteiger partial charge < -0.3 is 20.1 Å². The van der Waals surface area contributed by atoms with E-state index in [1.54, 1.807) is 0 Å². The summed E-state index contributed by atoms with van der Waals surface area (Å²) in [4.78, 5) is 11.8. The van der Waals surface area contributed by atoms with Gasteiger partial charge in [0.15, 0.2) is 0 Å². The van der Waals surface area contributed by atoms with Crippen molar-refractivity contribution < 1.29 is 14.3 Å². The molecule has 0 aromatic rings. The molecule has 2 rings (SSSR count). The molecular formula is C17H32N2O3. The van der Waals surface area contributed by atoms with Crippen molar-refractivity contribution in [2.75, 3.05) is 19.7 Å². The number of carbonyl (C=O) groups is 1. The average molecular weight is 312 g/mol. The largest absolute Gasteiger partial charge is 0.444 e. The van der Waals surface area contributed by atoms with Gasteiger partial charge in [-0.2, -0.15) is 0 Å². The molecule has 0 bridgehead atoms. The van der Waals surface area contributed by atoms with Gasteiger partial charge in [-0.05, 0) is 52.4 Å². The van der Waals surface area contributed by atoms with Gasteiger partial charge in [-0.15, -0.1) is 0 Å². The SMILES string of the molecule is CC(C)(C)OC(=O)NCC1CCCCC1NCC1CCCO1. The first-order valence-corrected chi connectivity index (χ1v) is 8.76. The second kappa shape index (κ2) is 8.16. The molecule has 0 spiro atoms. The molecule has 0 aromatic carbocycles. The number of rotatable bonds is 5. The van der Waals surface area contributed by atoms with Gasteiger partial charge in [0.1, 0.15) is 5.60 Å². The van der Waals surface area contributed by atoms with Gasteiger partial charge >= 0.3 is 6.09 Å². The predicted octanol–water partition coefficient (Wildman–Crippen LogP) is 2.84. The van der Waals surface area contributed by atoms with Crippen LogP contribution in [0.5, 0.6) is 0 Å². The summed E-state index contributed by atoms with van der Waals surface area (Å²) in [7, 11) is 0. The number of alkyl carbamates (subject to hydrolysis) is 1. The maximum absolute atomic E-state index is 11.8. The van der Waals surface area contributed by atoms with Crippen LogP contribution in [0.1, 0.15) is 59.3 Å². The molecule has 1 aliphatic heterocycles. The van der Waals surface area contributed by atoms with E-state index in [0.29, 0.717) is 24.6 Å². The second-order valence-electron chi connectivity index (χ2n) is 7.58. The number of hydrogen-bond donors (Lipinski definition) is 2. The Labute approximate surface area is 134 Å². The summed E-state index contributed by atoms with van der Waals surface area (Å²) in [5.41, 5.74) is -0.436. The molecule has 1 amide bonds. The monoisotopic (exact) mass is 312 g/mol. The molecule has 5 heteroatoms. The number of carbonyl (C=O) groups excluding carboxylic acids is 1. The lowest BCUT2D eigenvalue weighted by Gasteiger charge is -2.33. The standard InChI is InChI=1S/C17H32N2O3/c1-17(2,3)22-16(20)19-11-13-7-4-5-9-15(13)18-12-14-8-6-10-21-14/h13-15,18H,4-12H2,1-3H3,(H,19,20). The normalized spacial score (nSPS) is 29.3. The van der Waals surface area contributed by atoms with E-state index in [0.717, 1.165) is 13.2 Å². The highest BCUT2D eigenvalue weighted by atomic mass is 16.6. The van der Waals surface area contributed by atoms with Crippen LogP contribution in [-0.4, -0.2) is 43.5 Å². The van der Waals surface area contributed by atoms with Gasteiger partial charge in [-0.25, -0.2) is 4.79 Å². The number of ether oxygens (including phenoxy) is 2. The van der Waals surface area contributed by atoms with Crippen LogP contribution in [0.3, 0.4) is 0 Å². The number of hydrogen-bond acceptors (Lipinski definition) is 4. The van der Waals surface area contributed by atoms with E-state index in [1.165, 1.54) is 38.5 Å². The Hall–Kier alpha value is -0.810. The van der Waals surface area contributed by atoms with Crippen molar-refractivity contribution in [1.82, 2.24) is 10.6 Å². The van der Waals surface area contributed by atoms with Gasteiger partial charge in [-0.1, -0.05) is 12.8 Å². The van der Waals surface area contributed by atoms with Crippen molar-refractivity contribution in [2.24, 2.45) is 5.92 Å². The van der Waals surface area contributed by atoms with E-state index >= 15 is 0 Å². The van der Waals surface area contributed by atoms with Gasteiger partial charge in [-0.3, -0.25) is 0 Å². The molecule has 0 aromatic heterocycles. The van der Waals surface area contributed by atoms with Crippen molar-refractivity contribution in [3.05, 3.63) is 0 Å². The highest BCUT2D eigenvalue weighted by Crippen LogP contribution is 2.24. The smallest absolute Gasteiger partial charge is 0.407 e. The first kappa shape index (κ1) is 17.5. The quantitative estimate of drug-likeness (QED) is 0.819. The number of nitrogens with one attached hydrogen (secondary N) is 2. The first-order valence-electron chi connectivity index (χ1n) is 8.76. The molecule has 1 heterocycles. The Balaban J connectivity index is 1.72. The van der Waals surface area contributed by atoms with E-state index in [2.05, 4.69) is 10.6 Å². The molecule has 2 fully saturated rings. The fourth-order valence-electron chi connectivity index (χ4n) is 3.34. The van der Waals surface area contributed by atoms with Crippen LogP contribution in [0.25, 0.3) is 0 Å². The summed E-state index contributed by atoms with van der Waals surface area (Å²) >= 11 is 0. The van der Waals surface area contributed by atoms with Gasteiger partial charge in [0.2, 0.25) is 0 Å². The highest BCUT2D eigenvalue weighted by Gasteiger charge is 2.27. The lowest BCUT2D eigenvalue weighted by Crippen LogP contribution is -2.46. The van der Waals surface area contributed by atoms with Crippen LogP contribution in [0, 0.1) is 5.92 Å². The van der Waals surface area contributed by atoms with Crippen molar-refractivity contribution >= 4 is 6.09 Å². The van der Waals surface area contributed by atoms with Crippen molar-refractivity contribution in [1.29, 1.82) is 0 Å².